The van der Waals surface area contributed by atoms with Crippen LogP contribution in [0.4, 0.5) is 0 Å². The van der Waals surface area contributed by atoms with Crippen molar-refractivity contribution in [3.8, 4) is 17.7 Å². The summed E-state index contributed by atoms with van der Waals surface area (Å²) in [5.41, 5.74) is 1.99. The second-order valence-electron chi connectivity index (χ2n) is 8.51. The summed E-state index contributed by atoms with van der Waals surface area (Å²) >= 11 is 0. The number of hydrogen-bond donors (Lipinski definition) is 1. The van der Waals surface area contributed by atoms with Crippen LogP contribution < -0.4 is 10.3 Å². The van der Waals surface area contributed by atoms with Crippen LogP contribution in [0.2, 0.25) is 0 Å². The predicted octanol–water partition coefficient (Wildman–Crippen LogP) is 4.86. The van der Waals surface area contributed by atoms with Crippen LogP contribution in [0, 0.1) is 25.2 Å². The Bertz CT molecular complexity index is 1280. The van der Waals surface area contributed by atoms with E-state index in [0.717, 1.165) is 21.3 Å². The lowest BCUT2D eigenvalue weighted by Gasteiger charge is -2.21. The molecule has 1 atom stereocenters. The van der Waals surface area contributed by atoms with Gasteiger partial charge in [0, 0.05) is 0 Å². The maximum absolute atomic E-state index is 13.4. The number of ketones is 1. The van der Waals surface area contributed by atoms with E-state index in [1.165, 1.54) is 6.92 Å². The highest BCUT2D eigenvalue weighted by Gasteiger charge is 2.28. The molecule has 0 amide bonds. The van der Waals surface area contributed by atoms with Crippen LogP contribution in [0.25, 0.3) is 0 Å². The van der Waals surface area contributed by atoms with Gasteiger partial charge in [0.25, 0.3) is 5.56 Å². The number of aromatic nitrogens is 1. The van der Waals surface area contributed by atoms with E-state index in [2.05, 4.69) is 0 Å². The number of benzene rings is 2. The van der Waals surface area contributed by atoms with Crippen LogP contribution in [0.15, 0.2) is 53.3 Å². The van der Waals surface area contributed by atoms with Gasteiger partial charge in [0.2, 0.25) is 11.7 Å². The summed E-state index contributed by atoms with van der Waals surface area (Å²) in [4.78, 5) is 26.3. The quantitative estimate of drug-likeness (QED) is 0.525. The number of carbonyl (C=O) groups excluding carboxylic acids is 1. The van der Waals surface area contributed by atoms with Crippen molar-refractivity contribution in [1.82, 2.24) is 4.57 Å². The largest absolute Gasteiger partial charge is 0.494 e. The van der Waals surface area contributed by atoms with Crippen LogP contribution in [-0.2, 0) is 6.54 Å². The van der Waals surface area contributed by atoms with Gasteiger partial charge >= 0.3 is 0 Å². The Labute approximate surface area is 193 Å². The molecule has 0 fully saturated rings. The number of hydrogen-bond acceptors (Lipinski definition) is 5. The topological polar surface area (TPSA) is 92.3 Å². The molecule has 1 unspecified atom stereocenters. The maximum atomic E-state index is 13.4. The summed E-state index contributed by atoms with van der Waals surface area (Å²) in [7, 11) is 0. The van der Waals surface area contributed by atoms with Crippen LogP contribution in [0.1, 0.15) is 64.9 Å². The van der Waals surface area contributed by atoms with Crippen molar-refractivity contribution in [1.29, 1.82) is 5.26 Å². The summed E-state index contributed by atoms with van der Waals surface area (Å²) in [5, 5.41) is 20.6. The average Bonchev–Trinajstić information content (AvgIpc) is 2.77. The smallest absolute Gasteiger partial charge is 0.271 e. The molecule has 0 radical (unpaired) electrons. The molecule has 6 heteroatoms. The molecule has 0 bridgehead atoms. The van der Waals surface area contributed by atoms with Gasteiger partial charge in [0.1, 0.15) is 17.4 Å². The second kappa shape index (κ2) is 9.74. The molecule has 33 heavy (non-hydrogen) atoms. The van der Waals surface area contributed by atoms with Gasteiger partial charge in [-0.1, -0.05) is 56.3 Å². The number of carbonyl (C=O) groups is 1. The molecule has 1 N–H and O–H groups in total. The number of nitrogens with zero attached hydrogens (tertiary/aromatic N) is 2. The Morgan fingerprint density at radius 3 is 2.39 bits per heavy atom. The summed E-state index contributed by atoms with van der Waals surface area (Å²) < 4.78 is 7.11. The zero-order chi connectivity index (χ0) is 24.3. The zero-order valence-electron chi connectivity index (χ0n) is 19.5. The number of rotatable bonds is 7. The van der Waals surface area contributed by atoms with Crippen molar-refractivity contribution in [2.45, 2.75) is 53.2 Å². The van der Waals surface area contributed by atoms with E-state index in [1.54, 1.807) is 19.1 Å². The number of pyridine rings is 1. The van der Waals surface area contributed by atoms with Gasteiger partial charge in [-0.15, -0.1) is 0 Å². The van der Waals surface area contributed by atoms with E-state index in [1.807, 2.05) is 63.2 Å². The maximum Gasteiger partial charge on any atom is 0.271 e. The summed E-state index contributed by atoms with van der Waals surface area (Å²) in [5.74, 6) is -0.175. The monoisotopic (exact) mass is 444 g/mol. The van der Waals surface area contributed by atoms with Gasteiger partial charge in [-0.25, -0.2) is 0 Å². The number of ether oxygens (including phenoxy) is 1. The third-order valence-corrected chi connectivity index (χ3v) is 5.69. The van der Waals surface area contributed by atoms with E-state index in [0.29, 0.717) is 5.75 Å². The second-order valence-corrected chi connectivity index (χ2v) is 8.51. The van der Waals surface area contributed by atoms with E-state index in [4.69, 9.17) is 4.74 Å². The molecule has 0 aliphatic carbocycles. The Kier molecular flexibility index (Phi) is 7.03. The lowest BCUT2D eigenvalue weighted by molar-refractivity contribution is 0.0810. The van der Waals surface area contributed by atoms with Crippen molar-refractivity contribution < 1.29 is 14.6 Å². The molecule has 1 heterocycles. The van der Waals surface area contributed by atoms with Crippen molar-refractivity contribution in [2.75, 3.05) is 0 Å². The van der Waals surface area contributed by atoms with Crippen LogP contribution >= 0.6 is 0 Å². The fourth-order valence-electron chi connectivity index (χ4n) is 3.83. The summed E-state index contributed by atoms with van der Waals surface area (Å²) in [6, 6.07) is 16.8. The molecule has 3 rings (SSSR count). The fourth-order valence-corrected chi connectivity index (χ4v) is 3.83. The molecule has 0 aliphatic heterocycles. The Morgan fingerprint density at radius 1 is 1.12 bits per heavy atom. The Balaban J connectivity index is 2.06. The molecule has 2 aromatic carbocycles. The van der Waals surface area contributed by atoms with E-state index < -0.39 is 23.3 Å². The first-order valence-corrected chi connectivity index (χ1v) is 10.9. The zero-order valence-corrected chi connectivity index (χ0v) is 19.5. The highest BCUT2D eigenvalue weighted by molar-refractivity contribution is 6.03. The first-order chi connectivity index (χ1) is 15.6. The Morgan fingerprint density at radius 2 is 1.79 bits per heavy atom. The van der Waals surface area contributed by atoms with E-state index in [9.17, 15) is 20.0 Å². The first kappa shape index (κ1) is 23.8. The van der Waals surface area contributed by atoms with Gasteiger partial charge in [0.15, 0.2) is 6.10 Å². The normalized spacial score (nSPS) is 11.8. The molecule has 0 aliphatic rings. The van der Waals surface area contributed by atoms with Gasteiger partial charge < -0.3 is 9.84 Å². The van der Waals surface area contributed by atoms with Gasteiger partial charge in [0.05, 0.1) is 12.1 Å². The molecular weight excluding hydrogens is 416 g/mol. The lowest BCUT2D eigenvalue weighted by Crippen LogP contribution is -2.31. The Hall–Kier alpha value is -3.85. The molecule has 0 saturated heterocycles. The van der Waals surface area contributed by atoms with Crippen molar-refractivity contribution in [2.24, 2.45) is 0 Å². The first-order valence-electron chi connectivity index (χ1n) is 10.9. The predicted molar refractivity (Wildman–Crippen MR) is 127 cm³/mol. The van der Waals surface area contributed by atoms with Crippen LogP contribution in [-0.4, -0.2) is 21.6 Å². The van der Waals surface area contributed by atoms with E-state index >= 15 is 0 Å². The number of nitriles is 1. The molecule has 3 aromatic rings. The minimum Gasteiger partial charge on any atom is -0.494 e. The molecular formula is C27H28N2O4. The molecule has 170 valence electrons. The van der Waals surface area contributed by atoms with Crippen molar-refractivity contribution in [3.05, 3.63) is 92.3 Å². The van der Waals surface area contributed by atoms with Crippen molar-refractivity contribution >= 4 is 5.78 Å². The average molecular weight is 445 g/mol. The highest BCUT2D eigenvalue weighted by Crippen LogP contribution is 2.30. The highest BCUT2D eigenvalue weighted by atomic mass is 16.5. The third kappa shape index (κ3) is 4.83. The number of aryl methyl sites for hydroxylation is 1. The van der Waals surface area contributed by atoms with Gasteiger partial charge in [-0.05, 0) is 55.0 Å². The lowest BCUT2D eigenvalue weighted by atomic mass is 9.98. The van der Waals surface area contributed by atoms with Crippen LogP contribution in [0.5, 0.6) is 11.6 Å². The van der Waals surface area contributed by atoms with Gasteiger partial charge in [-0.2, -0.15) is 5.26 Å². The summed E-state index contributed by atoms with van der Waals surface area (Å²) in [6.07, 6.45) is -0.942. The van der Waals surface area contributed by atoms with Crippen LogP contribution in [0.3, 0.4) is 0 Å². The molecule has 0 spiro atoms. The number of Topliss-reactive ketones (excluding diaryl/α,β-unsaturated/α-hetero) is 1. The third-order valence-electron chi connectivity index (χ3n) is 5.69. The number of aromatic hydroxyl groups is 1. The standard InChI is InChI=1S/C27H28N2O4/c1-16(2)21-12-11-17(3)13-23(21)33-19(5)25(30)24-18(4)22(14-28)26(31)29(27(24)32)15-20-9-7-6-8-10-20/h6-13,16,19,32H,15H2,1-5H3. The van der Waals surface area contributed by atoms with Crippen molar-refractivity contribution in [3.63, 3.8) is 0 Å². The van der Waals surface area contributed by atoms with E-state index in [-0.39, 0.29) is 29.2 Å². The molecule has 6 nitrogen and oxygen atoms in total. The SMILES string of the molecule is Cc1ccc(C(C)C)c(OC(C)C(=O)c2c(C)c(C#N)c(=O)n(Cc3ccccc3)c2O)c1. The molecule has 0 saturated carbocycles. The van der Waals surface area contributed by atoms with Gasteiger partial charge in [-0.3, -0.25) is 14.2 Å². The minimum absolute atomic E-state index is 0.0331. The fraction of sp³-hybridized carbons (Fsp3) is 0.296. The molecule has 1 aromatic heterocycles. The summed E-state index contributed by atoms with van der Waals surface area (Å²) in [6.45, 7) is 9.16. The minimum atomic E-state index is -0.942.